The van der Waals surface area contributed by atoms with Crippen LogP contribution in [0.2, 0.25) is 0 Å². The van der Waals surface area contributed by atoms with Gasteiger partial charge in [0.2, 0.25) is 0 Å². The van der Waals surface area contributed by atoms with E-state index in [0.717, 1.165) is 129 Å². The molecular formula is C88H142F2I2N4S2. The van der Waals surface area contributed by atoms with Crippen LogP contribution >= 0.6 is 68.6 Å². The molecule has 0 atom stereocenters. The van der Waals surface area contributed by atoms with Crippen LogP contribution in [0.25, 0.3) is 44.3 Å². The summed E-state index contributed by atoms with van der Waals surface area (Å²) in [6.45, 7) is 9.22. The van der Waals surface area contributed by atoms with Crippen LogP contribution in [0.4, 0.5) is 8.78 Å². The van der Waals surface area contributed by atoms with Gasteiger partial charge >= 0.3 is 0 Å². The number of nitrogens with zero attached hydrogens (tertiary/aromatic N) is 4. The van der Waals surface area contributed by atoms with Gasteiger partial charge in [-0.3, -0.25) is 0 Å². The van der Waals surface area contributed by atoms with Crippen molar-refractivity contribution < 1.29 is 8.78 Å². The topological polar surface area (TPSA) is 51.6 Å². The van der Waals surface area contributed by atoms with E-state index in [2.05, 4.69) is 85.0 Å². The van der Waals surface area contributed by atoms with Crippen molar-refractivity contribution in [3.05, 3.63) is 53.2 Å². The largest absolute Gasteiger partial charge is 0.206 e. The van der Waals surface area contributed by atoms with Crippen LogP contribution in [0.5, 0.6) is 0 Å². The van der Waals surface area contributed by atoms with Crippen molar-refractivity contribution in [1.29, 1.82) is 0 Å². The predicted molar refractivity (Wildman–Crippen MR) is 444 cm³/mol. The monoisotopic (exact) mass is 1610 g/mol. The Balaban J connectivity index is 1.16. The fourth-order valence-electron chi connectivity index (χ4n) is 17.9. The van der Waals surface area contributed by atoms with E-state index in [9.17, 15) is 0 Å². The van der Waals surface area contributed by atoms with Crippen LogP contribution in [0.15, 0.2) is 12.1 Å². The van der Waals surface area contributed by atoms with E-state index < -0.39 is 10.8 Å². The van der Waals surface area contributed by atoms with Crippen LogP contribution in [-0.2, 0) is 10.8 Å². The standard InChI is InChI=1S/C88H142F2I2N4S2/c1-5-9-13-17-21-25-29-33-37-41-45-49-53-57-61-65-87(66-62-58-54-50-46-42-38-34-30-26-22-18-14-10-6-2)71-69-73(91)83-85(95-97-93-83)75(71)77-79(87)81(89)78-76-72(70-74(92)84-86(76)96-98-94-84)88(80(78)82(77)90,67-63-59-55-51-47-43-39-35-31-27-23-19-15-11-7-3)68-64-60-56-52-48-44-40-36-32-28-24-20-16-12-8-4/h69-70H,5-68H2,1-4H3. The lowest BCUT2D eigenvalue weighted by Crippen LogP contribution is -2.29. The zero-order valence-electron chi connectivity index (χ0n) is 63.5. The summed E-state index contributed by atoms with van der Waals surface area (Å²) < 4.78 is 62.4. The Hall–Kier alpha value is -1.38. The van der Waals surface area contributed by atoms with E-state index in [4.69, 9.17) is 17.5 Å². The fourth-order valence-corrected chi connectivity index (χ4v) is 20.7. The molecule has 4 nitrogen and oxygen atoms in total. The quantitative estimate of drug-likeness (QED) is 0.0288. The number of unbranched alkanes of at least 4 members (excludes halogenated alkanes) is 56. The fraction of sp³-hybridized carbons (Fsp3) is 0.795. The highest BCUT2D eigenvalue weighted by Gasteiger charge is 2.55. The van der Waals surface area contributed by atoms with Gasteiger partial charge in [-0.05, 0) is 94.1 Å². The second-order valence-electron chi connectivity index (χ2n) is 31.6. The molecule has 0 radical (unpaired) electrons. The molecule has 0 saturated carbocycles. The summed E-state index contributed by atoms with van der Waals surface area (Å²) in [6.07, 6.45) is 81.6. The summed E-state index contributed by atoms with van der Waals surface area (Å²) in [5, 5.41) is 0. The Morgan fingerprint density at radius 3 is 0.622 bits per heavy atom. The third-order valence-electron chi connectivity index (χ3n) is 23.7. The summed E-state index contributed by atoms with van der Waals surface area (Å²) in [5.41, 5.74) is 8.11. The molecule has 10 heteroatoms. The molecule has 0 saturated heterocycles. The summed E-state index contributed by atoms with van der Waals surface area (Å²) in [7, 11) is 0. The van der Waals surface area contributed by atoms with E-state index in [1.54, 1.807) is 0 Å². The Bertz CT molecular complexity index is 2650. The number of fused-ring (bicyclic) bond motifs is 10. The van der Waals surface area contributed by atoms with E-state index in [0.29, 0.717) is 22.3 Å². The van der Waals surface area contributed by atoms with Crippen LogP contribution in [0.1, 0.15) is 461 Å². The molecule has 0 fully saturated rings. The van der Waals surface area contributed by atoms with Crippen LogP contribution in [0, 0.1) is 18.8 Å². The molecule has 5 aromatic rings. The number of halogens is 4. The first kappa shape index (κ1) is 83.9. The molecule has 554 valence electrons. The summed E-state index contributed by atoms with van der Waals surface area (Å²) in [5.74, 6) is -0.347. The zero-order valence-corrected chi connectivity index (χ0v) is 69.5. The molecule has 0 bridgehead atoms. The molecule has 2 aromatic heterocycles. The minimum Gasteiger partial charge on any atom is -0.206 e. The lowest BCUT2D eigenvalue weighted by Gasteiger charge is -2.35. The maximum absolute atomic E-state index is 20.1. The summed E-state index contributed by atoms with van der Waals surface area (Å²) in [6, 6.07) is 4.66. The smallest absolute Gasteiger partial charge is 0.136 e. The van der Waals surface area contributed by atoms with Crippen LogP contribution in [0.3, 0.4) is 0 Å². The molecule has 0 N–H and O–H groups in total. The van der Waals surface area contributed by atoms with Crippen LogP contribution in [-0.4, -0.2) is 17.5 Å². The third kappa shape index (κ3) is 26.0. The van der Waals surface area contributed by atoms with E-state index >= 15 is 8.78 Å². The Morgan fingerprint density at radius 2 is 0.429 bits per heavy atom. The Kier molecular flexibility index (Phi) is 43.0. The lowest BCUT2D eigenvalue weighted by atomic mass is 9.68. The highest BCUT2D eigenvalue weighted by molar-refractivity contribution is 14.1. The van der Waals surface area contributed by atoms with E-state index in [1.807, 2.05) is 0 Å². The molecular weight excluding hydrogens is 1470 g/mol. The Morgan fingerprint density at radius 1 is 0.255 bits per heavy atom. The van der Waals surface area contributed by atoms with Crippen molar-refractivity contribution in [1.82, 2.24) is 17.5 Å². The molecule has 2 aliphatic carbocycles. The van der Waals surface area contributed by atoms with Crippen molar-refractivity contribution in [2.45, 2.75) is 449 Å². The van der Waals surface area contributed by atoms with E-state index in [1.165, 1.54) is 357 Å². The SMILES string of the molecule is CCCCCCCCCCCCCCCCCC1(CCCCCCCCCCCCCCCCC)c2cc(I)c3nsnc3c2-c2c(F)c3c(c(F)c21)-c1c(cc(I)c2nsnc12)C3(CCCCCCCCCCCCCCCCC)CCCCCCCCCCCCCCCCC. The highest BCUT2D eigenvalue weighted by Crippen LogP contribution is 2.65. The van der Waals surface area contributed by atoms with Gasteiger partial charge in [0.1, 0.15) is 33.7 Å². The van der Waals surface area contributed by atoms with Crippen molar-refractivity contribution in [2.24, 2.45) is 0 Å². The molecule has 0 spiro atoms. The molecule has 2 aliphatic rings. The maximum atomic E-state index is 20.1. The maximum Gasteiger partial charge on any atom is 0.136 e. The minimum atomic E-state index is -0.689. The number of benzene rings is 3. The zero-order chi connectivity index (χ0) is 69.1. The van der Waals surface area contributed by atoms with Gasteiger partial charge in [0.05, 0.1) is 23.5 Å². The van der Waals surface area contributed by atoms with Gasteiger partial charge in [-0.1, -0.05) is 413 Å². The van der Waals surface area contributed by atoms with Gasteiger partial charge in [-0.15, -0.1) is 0 Å². The lowest BCUT2D eigenvalue weighted by molar-refractivity contribution is 0.374. The van der Waals surface area contributed by atoms with Gasteiger partial charge in [-0.25, -0.2) is 8.78 Å². The van der Waals surface area contributed by atoms with Crippen molar-refractivity contribution in [3.8, 4) is 22.3 Å². The molecule has 3 aromatic carbocycles. The first-order chi connectivity index (χ1) is 48.3. The van der Waals surface area contributed by atoms with Gasteiger partial charge in [0.25, 0.3) is 0 Å². The molecule has 98 heavy (non-hydrogen) atoms. The van der Waals surface area contributed by atoms with Gasteiger partial charge in [0, 0.05) is 51.4 Å². The number of aromatic nitrogens is 4. The third-order valence-corrected chi connectivity index (χ3v) is 26.4. The first-order valence-electron chi connectivity index (χ1n) is 42.8. The second kappa shape index (κ2) is 50.2. The van der Waals surface area contributed by atoms with E-state index in [-0.39, 0.29) is 11.6 Å². The van der Waals surface area contributed by atoms with Gasteiger partial charge in [-0.2, -0.15) is 17.5 Å². The minimum absolute atomic E-state index is 0.174. The highest BCUT2D eigenvalue weighted by atomic mass is 127. The number of rotatable bonds is 64. The normalized spacial score (nSPS) is 13.6. The molecule has 0 amide bonds. The van der Waals surface area contributed by atoms with Crippen molar-refractivity contribution in [2.75, 3.05) is 0 Å². The van der Waals surface area contributed by atoms with Crippen LogP contribution < -0.4 is 0 Å². The van der Waals surface area contributed by atoms with Gasteiger partial charge < -0.3 is 0 Å². The molecule has 7 rings (SSSR count). The molecule has 0 unspecified atom stereocenters. The first-order valence-corrected chi connectivity index (χ1v) is 46.4. The Labute approximate surface area is 636 Å². The average Bonchev–Trinajstić information content (AvgIpc) is 1.50. The van der Waals surface area contributed by atoms with Gasteiger partial charge in [0.15, 0.2) is 0 Å². The number of hydrogen-bond acceptors (Lipinski definition) is 6. The summed E-state index contributed by atoms with van der Waals surface area (Å²) >= 11 is 7.42. The molecule has 2 heterocycles. The van der Waals surface area contributed by atoms with Crippen molar-refractivity contribution >= 4 is 90.7 Å². The van der Waals surface area contributed by atoms with Crippen molar-refractivity contribution in [3.63, 3.8) is 0 Å². The summed E-state index contributed by atoms with van der Waals surface area (Å²) in [4.78, 5) is 0. The predicted octanol–water partition coefficient (Wildman–Crippen LogP) is 32.8. The average molecular weight is 1610 g/mol. The second-order valence-corrected chi connectivity index (χ2v) is 35.0. The number of hydrogen-bond donors (Lipinski definition) is 0. The molecule has 0 aliphatic heterocycles.